The third kappa shape index (κ3) is 5.24. The van der Waals surface area contributed by atoms with E-state index in [1.54, 1.807) is 23.1 Å². The summed E-state index contributed by atoms with van der Waals surface area (Å²) in [7, 11) is -1.36. The molecule has 28 heavy (non-hydrogen) atoms. The Bertz CT molecular complexity index is 969. The van der Waals surface area contributed by atoms with Crippen molar-refractivity contribution in [2.24, 2.45) is 0 Å². The van der Waals surface area contributed by atoms with Crippen LogP contribution >= 0.6 is 34.7 Å². The molecule has 1 atom stereocenters. The van der Waals surface area contributed by atoms with Crippen LogP contribution in [0, 0.1) is 11.3 Å². The molecular formula is C21H19ClN2OS3. The Labute approximate surface area is 181 Å². The SMILES string of the molecule is N#Cc1c(-c2ccccc2)cc(-c2cccs2)nc1S(=O)CSCCCCCl. The molecule has 3 rings (SSSR count). The Balaban J connectivity index is 1.99. The van der Waals surface area contributed by atoms with Gasteiger partial charge in [0.2, 0.25) is 0 Å². The second-order valence-electron chi connectivity index (χ2n) is 5.96. The molecule has 2 aromatic heterocycles. The first-order chi connectivity index (χ1) is 13.7. The molecule has 0 N–H and O–H groups in total. The Hall–Kier alpha value is -1.65. The zero-order valence-electron chi connectivity index (χ0n) is 15.1. The third-order valence-corrected chi connectivity index (χ3v) is 8.02. The van der Waals surface area contributed by atoms with Gasteiger partial charge < -0.3 is 0 Å². The number of hydrogen-bond acceptors (Lipinski definition) is 5. The summed E-state index contributed by atoms with van der Waals surface area (Å²) in [4.78, 5) is 5.64. The van der Waals surface area contributed by atoms with Crippen LogP contribution in [0.2, 0.25) is 0 Å². The van der Waals surface area contributed by atoms with Crippen LogP contribution in [-0.4, -0.2) is 25.9 Å². The fourth-order valence-corrected chi connectivity index (χ4v) is 6.07. The highest BCUT2D eigenvalue weighted by Crippen LogP contribution is 2.33. The number of alkyl halides is 1. The number of thioether (sulfide) groups is 1. The normalized spacial score (nSPS) is 11.9. The predicted molar refractivity (Wildman–Crippen MR) is 121 cm³/mol. The number of nitriles is 1. The topological polar surface area (TPSA) is 53.8 Å². The lowest BCUT2D eigenvalue weighted by Crippen LogP contribution is -2.05. The van der Waals surface area contributed by atoms with Crippen LogP contribution in [0.25, 0.3) is 21.7 Å². The summed E-state index contributed by atoms with van der Waals surface area (Å²) in [6.45, 7) is 0. The molecule has 3 aromatic rings. The number of benzene rings is 1. The van der Waals surface area contributed by atoms with E-state index in [1.807, 2.05) is 53.9 Å². The minimum atomic E-state index is -1.36. The van der Waals surface area contributed by atoms with Crippen molar-refractivity contribution in [3.63, 3.8) is 0 Å². The lowest BCUT2D eigenvalue weighted by atomic mass is 10.0. The molecule has 0 fully saturated rings. The molecule has 1 unspecified atom stereocenters. The predicted octanol–water partition coefficient (Wildman–Crippen LogP) is 6.17. The zero-order valence-corrected chi connectivity index (χ0v) is 18.3. The molecule has 0 aliphatic rings. The van der Waals surface area contributed by atoms with Crippen LogP contribution in [0.4, 0.5) is 0 Å². The van der Waals surface area contributed by atoms with Gasteiger partial charge in [-0.25, -0.2) is 4.98 Å². The second-order valence-corrected chi connectivity index (χ2v) is 10.1. The number of rotatable bonds is 9. The Morgan fingerprint density at radius 2 is 2.00 bits per heavy atom. The van der Waals surface area contributed by atoms with Crippen LogP contribution in [0.15, 0.2) is 58.9 Å². The Kier molecular flexibility index (Phi) is 8.11. The maximum atomic E-state index is 13.0. The van der Waals surface area contributed by atoms with E-state index < -0.39 is 10.8 Å². The van der Waals surface area contributed by atoms with Gasteiger partial charge >= 0.3 is 0 Å². The van der Waals surface area contributed by atoms with Gasteiger partial charge in [-0.3, -0.25) is 4.21 Å². The molecule has 0 radical (unpaired) electrons. The fourth-order valence-electron chi connectivity index (χ4n) is 2.68. The van der Waals surface area contributed by atoms with Gasteiger partial charge in [-0.05, 0) is 41.7 Å². The highest BCUT2D eigenvalue weighted by molar-refractivity contribution is 8.10. The van der Waals surface area contributed by atoms with Gasteiger partial charge in [0.25, 0.3) is 0 Å². The highest BCUT2D eigenvalue weighted by Gasteiger charge is 2.20. The minimum Gasteiger partial charge on any atom is -0.252 e. The second kappa shape index (κ2) is 10.8. The van der Waals surface area contributed by atoms with E-state index in [0.29, 0.717) is 21.6 Å². The molecule has 0 aliphatic heterocycles. The van der Waals surface area contributed by atoms with E-state index in [-0.39, 0.29) is 0 Å². The van der Waals surface area contributed by atoms with E-state index in [4.69, 9.17) is 11.6 Å². The van der Waals surface area contributed by atoms with Gasteiger partial charge in [-0.2, -0.15) is 5.26 Å². The summed E-state index contributed by atoms with van der Waals surface area (Å²) >= 11 is 8.90. The van der Waals surface area contributed by atoms with Crippen molar-refractivity contribution in [3.05, 3.63) is 59.5 Å². The van der Waals surface area contributed by atoms with Crippen molar-refractivity contribution in [1.82, 2.24) is 4.98 Å². The molecule has 0 amide bonds. The van der Waals surface area contributed by atoms with Crippen molar-refractivity contribution >= 4 is 45.5 Å². The van der Waals surface area contributed by atoms with Crippen molar-refractivity contribution in [2.45, 2.75) is 17.9 Å². The van der Waals surface area contributed by atoms with Crippen LogP contribution in [0.5, 0.6) is 0 Å². The molecule has 3 nitrogen and oxygen atoms in total. The van der Waals surface area contributed by atoms with Crippen LogP contribution < -0.4 is 0 Å². The summed E-state index contributed by atoms with van der Waals surface area (Å²) in [6.07, 6.45) is 1.95. The number of aromatic nitrogens is 1. The first kappa shape index (κ1) is 21.1. The molecular weight excluding hydrogens is 428 g/mol. The van der Waals surface area contributed by atoms with E-state index >= 15 is 0 Å². The quantitative estimate of drug-likeness (QED) is 0.291. The molecule has 144 valence electrons. The number of unbranched alkanes of at least 4 members (excludes halogenated alkanes) is 1. The van der Waals surface area contributed by atoms with E-state index in [1.165, 1.54) is 0 Å². The van der Waals surface area contributed by atoms with Crippen LogP contribution in [-0.2, 0) is 10.8 Å². The van der Waals surface area contributed by atoms with E-state index in [0.717, 1.165) is 40.3 Å². The summed E-state index contributed by atoms with van der Waals surface area (Å²) in [5.74, 6) is 1.55. The van der Waals surface area contributed by atoms with Crippen molar-refractivity contribution in [3.8, 4) is 27.8 Å². The van der Waals surface area contributed by atoms with Crippen molar-refractivity contribution in [2.75, 3.05) is 16.7 Å². The summed E-state index contributed by atoms with van der Waals surface area (Å²) in [6, 6.07) is 17.9. The molecule has 0 saturated carbocycles. The zero-order chi connectivity index (χ0) is 19.8. The van der Waals surface area contributed by atoms with E-state index in [2.05, 4.69) is 11.1 Å². The maximum absolute atomic E-state index is 13.0. The molecule has 2 heterocycles. The lowest BCUT2D eigenvalue weighted by molar-refractivity contribution is 0.683. The largest absolute Gasteiger partial charge is 0.252 e. The van der Waals surface area contributed by atoms with Crippen LogP contribution in [0.3, 0.4) is 0 Å². The number of pyridine rings is 1. The maximum Gasteiger partial charge on any atom is 0.147 e. The summed E-state index contributed by atoms with van der Waals surface area (Å²) in [5.41, 5.74) is 2.85. The van der Waals surface area contributed by atoms with Gasteiger partial charge in [-0.15, -0.1) is 34.7 Å². The summed E-state index contributed by atoms with van der Waals surface area (Å²) < 4.78 is 13.0. The number of nitrogens with zero attached hydrogens (tertiary/aromatic N) is 2. The van der Waals surface area contributed by atoms with Crippen molar-refractivity contribution < 1.29 is 4.21 Å². The number of hydrogen-bond donors (Lipinski definition) is 0. The molecule has 1 aromatic carbocycles. The monoisotopic (exact) mass is 446 g/mol. The average molecular weight is 447 g/mol. The fraction of sp³-hybridized carbons (Fsp3) is 0.238. The first-order valence-corrected chi connectivity index (χ1v) is 12.7. The number of halogens is 1. The van der Waals surface area contributed by atoms with Crippen LogP contribution in [0.1, 0.15) is 18.4 Å². The highest BCUT2D eigenvalue weighted by atomic mass is 35.5. The van der Waals surface area contributed by atoms with Gasteiger partial charge in [-0.1, -0.05) is 36.4 Å². The van der Waals surface area contributed by atoms with Gasteiger partial charge in [0.05, 0.1) is 32.0 Å². The van der Waals surface area contributed by atoms with Gasteiger partial charge in [0, 0.05) is 11.4 Å². The third-order valence-electron chi connectivity index (χ3n) is 4.03. The molecule has 7 heteroatoms. The Morgan fingerprint density at radius 1 is 1.18 bits per heavy atom. The van der Waals surface area contributed by atoms with Crippen molar-refractivity contribution in [1.29, 1.82) is 5.26 Å². The number of thiophene rings is 1. The molecule has 0 bridgehead atoms. The standard InChI is InChI=1S/C21H19ClN2OS3/c22-10-4-5-11-26-15-28(25)21-18(14-23)17(16-7-2-1-3-8-16)13-19(24-21)20-9-6-12-27-20/h1-3,6-9,12-13H,4-5,10-11,15H2. The Morgan fingerprint density at radius 3 is 2.68 bits per heavy atom. The lowest BCUT2D eigenvalue weighted by Gasteiger charge is -2.12. The van der Waals surface area contributed by atoms with Gasteiger partial charge in [0.15, 0.2) is 0 Å². The molecule has 0 saturated heterocycles. The molecule has 0 spiro atoms. The van der Waals surface area contributed by atoms with Gasteiger partial charge in [0.1, 0.15) is 11.1 Å². The minimum absolute atomic E-state index is 0.372. The smallest absolute Gasteiger partial charge is 0.147 e. The van der Waals surface area contributed by atoms with E-state index in [9.17, 15) is 9.47 Å². The first-order valence-electron chi connectivity index (χ1n) is 8.81. The molecule has 0 aliphatic carbocycles. The average Bonchev–Trinajstić information content (AvgIpc) is 3.28. The summed E-state index contributed by atoms with van der Waals surface area (Å²) in [5, 5.41) is 12.6.